The van der Waals surface area contributed by atoms with E-state index >= 15 is 0 Å². The molecule has 0 radical (unpaired) electrons. The minimum atomic E-state index is 0.428. The summed E-state index contributed by atoms with van der Waals surface area (Å²) in [6, 6.07) is 0. The van der Waals surface area contributed by atoms with Gasteiger partial charge in [-0.3, -0.25) is 0 Å². The molecule has 1 saturated heterocycles. The lowest BCUT2D eigenvalue weighted by Gasteiger charge is -2.27. The van der Waals surface area contributed by atoms with Crippen molar-refractivity contribution in [3.8, 4) is 0 Å². The molecular formula is C8H10ClN3O. The van der Waals surface area contributed by atoms with Crippen LogP contribution in [0.25, 0.3) is 0 Å². The molecule has 2 heterocycles. The molecule has 0 aromatic carbocycles. The fourth-order valence-corrected chi connectivity index (χ4v) is 1.36. The van der Waals surface area contributed by atoms with E-state index < -0.39 is 0 Å². The number of hydrogen-bond acceptors (Lipinski definition) is 4. The van der Waals surface area contributed by atoms with Gasteiger partial charge in [0, 0.05) is 13.1 Å². The van der Waals surface area contributed by atoms with Crippen LogP contribution in [-0.2, 0) is 4.74 Å². The van der Waals surface area contributed by atoms with Crippen LogP contribution in [0.3, 0.4) is 0 Å². The lowest BCUT2D eigenvalue weighted by atomic mass is 10.4. The van der Waals surface area contributed by atoms with E-state index in [0.717, 1.165) is 32.1 Å². The van der Waals surface area contributed by atoms with Crippen LogP contribution in [0.5, 0.6) is 0 Å². The van der Waals surface area contributed by atoms with Crippen LogP contribution < -0.4 is 4.90 Å². The number of morpholine rings is 1. The molecule has 2 rings (SSSR count). The second kappa shape index (κ2) is 3.89. The van der Waals surface area contributed by atoms with Gasteiger partial charge in [0.1, 0.15) is 11.0 Å². The zero-order valence-corrected chi connectivity index (χ0v) is 7.87. The molecule has 5 heteroatoms. The van der Waals surface area contributed by atoms with Crippen LogP contribution in [0.15, 0.2) is 12.4 Å². The maximum Gasteiger partial charge on any atom is 0.147 e. The molecule has 0 unspecified atom stereocenters. The van der Waals surface area contributed by atoms with Crippen molar-refractivity contribution in [2.24, 2.45) is 0 Å². The highest BCUT2D eigenvalue weighted by Crippen LogP contribution is 2.12. The molecular weight excluding hydrogens is 190 g/mol. The van der Waals surface area contributed by atoms with Crippen LogP contribution in [0.1, 0.15) is 0 Å². The molecule has 70 valence electrons. The molecule has 1 aliphatic heterocycles. The highest BCUT2D eigenvalue weighted by atomic mass is 35.5. The van der Waals surface area contributed by atoms with Gasteiger partial charge < -0.3 is 9.64 Å². The van der Waals surface area contributed by atoms with Gasteiger partial charge in [-0.15, -0.1) is 0 Å². The highest BCUT2D eigenvalue weighted by molar-refractivity contribution is 6.29. The zero-order chi connectivity index (χ0) is 9.10. The van der Waals surface area contributed by atoms with Crippen molar-refractivity contribution in [1.29, 1.82) is 0 Å². The first kappa shape index (κ1) is 8.72. The second-order valence-corrected chi connectivity index (χ2v) is 3.18. The summed E-state index contributed by atoms with van der Waals surface area (Å²) >= 11 is 5.63. The summed E-state index contributed by atoms with van der Waals surface area (Å²) in [4.78, 5) is 10.3. The van der Waals surface area contributed by atoms with Gasteiger partial charge in [-0.2, -0.15) is 0 Å². The van der Waals surface area contributed by atoms with Gasteiger partial charge in [-0.05, 0) is 0 Å². The third kappa shape index (κ3) is 2.08. The number of nitrogens with zero attached hydrogens (tertiary/aromatic N) is 3. The summed E-state index contributed by atoms with van der Waals surface area (Å²) in [5.41, 5.74) is 0. The summed E-state index contributed by atoms with van der Waals surface area (Å²) in [6.07, 6.45) is 3.25. The van der Waals surface area contributed by atoms with Crippen LogP contribution in [0, 0.1) is 0 Å². The van der Waals surface area contributed by atoms with E-state index in [0.29, 0.717) is 5.15 Å². The van der Waals surface area contributed by atoms with Crippen molar-refractivity contribution in [1.82, 2.24) is 9.97 Å². The van der Waals surface area contributed by atoms with Crippen molar-refractivity contribution < 1.29 is 4.74 Å². The molecule has 1 fully saturated rings. The minimum absolute atomic E-state index is 0.428. The second-order valence-electron chi connectivity index (χ2n) is 2.80. The Balaban J connectivity index is 2.10. The van der Waals surface area contributed by atoms with Crippen molar-refractivity contribution in [2.75, 3.05) is 31.2 Å². The lowest BCUT2D eigenvalue weighted by molar-refractivity contribution is 0.122. The molecule has 0 saturated carbocycles. The summed E-state index contributed by atoms with van der Waals surface area (Å²) in [5.74, 6) is 0.868. The molecule has 1 aromatic rings. The first-order valence-corrected chi connectivity index (χ1v) is 4.54. The quantitative estimate of drug-likeness (QED) is 0.676. The van der Waals surface area contributed by atoms with Gasteiger partial charge in [0.15, 0.2) is 0 Å². The molecule has 0 bridgehead atoms. The van der Waals surface area contributed by atoms with Gasteiger partial charge in [-0.25, -0.2) is 9.97 Å². The van der Waals surface area contributed by atoms with E-state index in [-0.39, 0.29) is 0 Å². The molecule has 13 heavy (non-hydrogen) atoms. The number of hydrogen-bond donors (Lipinski definition) is 0. The summed E-state index contributed by atoms with van der Waals surface area (Å²) in [6.45, 7) is 3.25. The van der Waals surface area contributed by atoms with Crippen LogP contribution in [0.2, 0.25) is 5.15 Å². The SMILES string of the molecule is Clc1cnc(N2CCOCC2)cn1. The van der Waals surface area contributed by atoms with Crippen LogP contribution in [-0.4, -0.2) is 36.3 Å². The predicted octanol–water partition coefficient (Wildman–Crippen LogP) is 0.967. The summed E-state index contributed by atoms with van der Waals surface area (Å²) in [7, 11) is 0. The first-order chi connectivity index (χ1) is 6.36. The Hall–Kier alpha value is -0.870. The number of aromatic nitrogens is 2. The predicted molar refractivity (Wildman–Crippen MR) is 50.1 cm³/mol. The average Bonchev–Trinajstić information content (AvgIpc) is 2.20. The van der Waals surface area contributed by atoms with E-state index in [1.165, 1.54) is 0 Å². The Morgan fingerprint density at radius 1 is 1.23 bits per heavy atom. The van der Waals surface area contributed by atoms with E-state index in [2.05, 4.69) is 14.9 Å². The van der Waals surface area contributed by atoms with E-state index in [1.807, 2.05) is 0 Å². The molecule has 1 aliphatic rings. The highest BCUT2D eigenvalue weighted by Gasteiger charge is 2.11. The Labute approximate surface area is 81.5 Å². The van der Waals surface area contributed by atoms with E-state index in [9.17, 15) is 0 Å². The molecule has 0 N–H and O–H groups in total. The lowest BCUT2D eigenvalue weighted by Crippen LogP contribution is -2.36. The van der Waals surface area contributed by atoms with Crippen LogP contribution in [0.4, 0.5) is 5.82 Å². The van der Waals surface area contributed by atoms with Crippen molar-refractivity contribution >= 4 is 17.4 Å². The monoisotopic (exact) mass is 199 g/mol. The zero-order valence-electron chi connectivity index (χ0n) is 7.11. The third-order valence-corrected chi connectivity index (χ3v) is 2.14. The number of ether oxygens (including phenoxy) is 1. The maximum absolute atomic E-state index is 5.63. The van der Waals surface area contributed by atoms with E-state index in [1.54, 1.807) is 12.4 Å². The molecule has 0 atom stereocenters. The Bertz CT molecular complexity index is 271. The van der Waals surface area contributed by atoms with E-state index in [4.69, 9.17) is 16.3 Å². The Morgan fingerprint density at radius 2 is 2.00 bits per heavy atom. The number of anilines is 1. The van der Waals surface area contributed by atoms with Crippen molar-refractivity contribution in [2.45, 2.75) is 0 Å². The Kier molecular flexibility index (Phi) is 2.61. The summed E-state index contributed by atoms with van der Waals surface area (Å²) < 4.78 is 5.23. The molecule has 0 amide bonds. The molecule has 1 aromatic heterocycles. The van der Waals surface area contributed by atoms with Crippen LogP contribution >= 0.6 is 11.6 Å². The standard InChI is InChI=1S/C8H10ClN3O/c9-7-5-11-8(6-10-7)12-1-3-13-4-2-12/h5-6H,1-4H2. The van der Waals surface area contributed by atoms with Crippen molar-refractivity contribution in [3.05, 3.63) is 17.5 Å². The smallest absolute Gasteiger partial charge is 0.147 e. The minimum Gasteiger partial charge on any atom is -0.378 e. The third-order valence-electron chi connectivity index (χ3n) is 1.94. The largest absolute Gasteiger partial charge is 0.378 e. The fourth-order valence-electron chi connectivity index (χ4n) is 1.26. The normalized spacial score (nSPS) is 17.5. The average molecular weight is 200 g/mol. The number of halogens is 1. The van der Waals surface area contributed by atoms with Gasteiger partial charge in [0.25, 0.3) is 0 Å². The van der Waals surface area contributed by atoms with Gasteiger partial charge >= 0.3 is 0 Å². The summed E-state index contributed by atoms with van der Waals surface area (Å²) in [5, 5.41) is 0.428. The van der Waals surface area contributed by atoms with Crippen molar-refractivity contribution in [3.63, 3.8) is 0 Å². The molecule has 0 aliphatic carbocycles. The fraction of sp³-hybridized carbons (Fsp3) is 0.500. The topological polar surface area (TPSA) is 38.2 Å². The van der Waals surface area contributed by atoms with Gasteiger partial charge in [0.2, 0.25) is 0 Å². The molecule has 4 nitrogen and oxygen atoms in total. The van der Waals surface area contributed by atoms with Gasteiger partial charge in [0.05, 0.1) is 25.6 Å². The molecule has 0 spiro atoms. The van der Waals surface area contributed by atoms with Gasteiger partial charge in [-0.1, -0.05) is 11.6 Å². The first-order valence-electron chi connectivity index (χ1n) is 4.16. The maximum atomic E-state index is 5.63. The number of rotatable bonds is 1. The Morgan fingerprint density at radius 3 is 2.62 bits per heavy atom.